The quantitative estimate of drug-likeness (QED) is 0.687. The molecular weight excluding hydrogens is 341 g/mol. The predicted octanol–water partition coefficient (Wildman–Crippen LogP) is 0.414. The molecule has 3 rings (SSSR count). The van der Waals surface area contributed by atoms with E-state index in [0.717, 1.165) is 4.57 Å². The molecule has 0 radical (unpaired) electrons. The van der Waals surface area contributed by atoms with Gasteiger partial charge in [-0.3, -0.25) is 13.9 Å². The molecule has 1 atom stereocenters. The number of hydrogen-bond acceptors (Lipinski definition) is 5. The van der Waals surface area contributed by atoms with Crippen molar-refractivity contribution in [1.82, 2.24) is 18.7 Å². The van der Waals surface area contributed by atoms with Crippen molar-refractivity contribution in [3.63, 3.8) is 0 Å². The van der Waals surface area contributed by atoms with Crippen LogP contribution in [0.1, 0.15) is 12.5 Å². The lowest BCUT2D eigenvalue weighted by molar-refractivity contribution is 0.208. The molecule has 1 unspecified atom stereocenters. The second-order valence-electron chi connectivity index (χ2n) is 6.26. The Kier molecular flexibility index (Phi) is 4.64. The van der Waals surface area contributed by atoms with Crippen LogP contribution in [0.15, 0.2) is 33.9 Å². The third-order valence-electron chi connectivity index (χ3n) is 4.17. The average Bonchev–Trinajstić information content (AvgIpc) is 2.93. The van der Waals surface area contributed by atoms with E-state index in [-0.39, 0.29) is 30.1 Å². The van der Waals surface area contributed by atoms with E-state index in [1.165, 1.54) is 35.9 Å². The molecule has 0 aliphatic rings. The molecule has 0 bridgehead atoms. The Labute approximate surface area is 148 Å². The molecule has 8 nitrogen and oxygen atoms in total. The zero-order chi connectivity index (χ0) is 19.0. The van der Waals surface area contributed by atoms with E-state index >= 15 is 0 Å². The van der Waals surface area contributed by atoms with E-state index in [4.69, 9.17) is 0 Å². The normalized spacial score (nSPS) is 12.5. The first-order valence-corrected chi connectivity index (χ1v) is 8.12. The number of nitrogens with one attached hydrogen (secondary N) is 1. The van der Waals surface area contributed by atoms with Crippen LogP contribution in [-0.4, -0.2) is 36.4 Å². The van der Waals surface area contributed by atoms with E-state index in [9.17, 15) is 19.1 Å². The number of benzene rings is 1. The number of aromatic nitrogens is 4. The van der Waals surface area contributed by atoms with Gasteiger partial charge in [0, 0.05) is 20.6 Å². The van der Waals surface area contributed by atoms with Crippen LogP contribution in [-0.2, 0) is 20.6 Å². The summed E-state index contributed by atoms with van der Waals surface area (Å²) in [4.78, 5) is 29.8. The number of nitrogens with zero attached hydrogens (tertiary/aromatic N) is 4. The fourth-order valence-corrected chi connectivity index (χ4v) is 2.75. The van der Waals surface area contributed by atoms with Crippen molar-refractivity contribution in [3.05, 3.63) is 56.5 Å². The summed E-state index contributed by atoms with van der Waals surface area (Å²) in [5.74, 6) is -0.00236. The van der Waals surface area contributed by atoms with Gasteiger partial charge in [0.25, 0.3) is 5.56 Å². The molecular formula is C17H20FN5O3. The smallest absolute Gasteiger partial charge is 0.332 e. The van der Waals surface area contributed by atoms with Gasteiger partial charge in [0.1, 0.15) is 5.82 Å². The van der Waals surface area contributed by atoms with Gasteiger partial charge >= 0.3 is 5.69 Å². The first-order valence-electron chi connectivity index (χ1n) is 8.12. The maximum atomic E-state index is 13.1. The van der Waals surface area contributed by atoms with Gasteiger partial charge in [-0.05, 0) is 24.6 Å². The van der Waals surface area contributed by atoms with E-state index in [1.807, 2.05) is 0 Å². The molecule has 2 heterocycles. The molecule has 138 valence electrons. The van der Waals surface area contributed by atoms with Crippen LogP contribution in [0.25, 0.3) is 11.2 Å². The average molecular weight is 361 g/mol. The minimum Gasteiger partial charge on any atom is -0.392 e. The van der Waals surface area contributed by atoms with Gasteiger partial charge in [-0.25, -0.2) is 9.18 Å². The van der Waals surface area contributed by atoms with Crippen LogP contribution in [0.2, 0.25) is 0 Å². The lowest BCUT2D eigenvalue weighted by Gasteiger charge is -2.09. The van der Waals surface area contributed by atoms with Crippen LogP contribution < -0.4 is 16.6 Å². The van der Waals surface area contributed by atoms with Crippen LogP contribution >= 0.6 is 0 Å². The Bertz CT molecular complexity index is 1060. The first-order chi connectivity index (χ1) is 12.3. The van der Waals surface area contributed by atoms with Crippen molar-refractivity contribution in [2.75, 3.05) is 11.9 Å². The second kappa shape index (κ2) is 6.75. The van der Waals surface area contributed by atoms with E-state index < -0.39 is 17.4 Å². The Balaban J connectivity index is 2.13. The summed E-state index contributed by atoms with van der Waals surface area (Å²) < 4.78 is 17.0. The Hall–Kier alpha value is -2.94. The molecule has 9 heteroatoms. The Morgan fingerprint density at radius 3 is 2.46 bits per heavy atom. The molecule has 3 aromatic rings. The zero-order valence-corrected chi connectivity index (χ0v) is 14.7. The van der Waals surface area contributed by atoms with Crippen LogP contribution in [0.5, 0.6) is 0 Å². The summed E-state index contributed by atoms with van der Waals surface area (Å²) in [6.45, 7) is 1.92. The fourth-order valence-electron chi connectivity index (χ4n) is 2.75. The largest absolute Gasteiger partial charge is 0.392 e. The minimum atomic E-state index is -0.589. The van der Waals surface area contributed by atoms with E-state index in [1.54, 1.807) is 18.5 Å². The first kappa shape index (κ1) is 17.9. The number of fused-ring (bicyclic) bond motifs is 1. The van der Waals surface area contributed by atoms with Gasteiger partial charge in [-0.15, -0.1) is 0 Å². The summed E-state index contributed by atoms with van der Waals surface area (Å²) in [5, 5.41) is 12.4. The van der Waals surface area contributed by atoms with Gasteiger partial charge in [-0.2, -0.15) is 4.98 Å². The Morgan fingerprint density at radius 1 is 1.19 bits per heavy atom. The number of halogens is 1. The number of imidazole rings is 1. The molecule has 0 saturated carbocycles. The van der Waals surface area contributed by atoms with Crippen molar-refractivity contribution in [1.29, 1.82) is 0 Å². The number of anilines is 1. The van der Waals surface area contributed by atoms with Crippen molar-refractivity contribution in [3.8, 4) is 0 Å². The van der Waals surface area contributed by atoms with Crippen LogP contribution in [0.3, 0.4) is 0 Å². The summed E-state index contributed by atoms with van der Waals surface area (Å²) in [6, 6.07) is 5.63. The Morgan fingerprint density at radius 2 is 1.85 bits per heavy atom. The standard InChI is InChI=1S/C17H20FN5O3/c1-10(24)8-19-16-20-14-13(21(16)2)15(25)23(17(26)22(14)3)9-11-4-6-12(18)7-5-11/h4-7,10,24H,8-9H2,1-3H3,(H,19,20). The SMILES string of the molecule is CC(O)CNc1nc2c(c(=O)n(Cc3ccc(F)cc3)c(=O)n2C)n1C. The lowest BCUT2D eigenvalue weighted by atomic mass is 10.2. The van der Waals surface area contributed by atoms with Gasteiger partial charge < -0.3 is 15.0 Å². The molecule has 2 aromatic heterocycles. The second-order valence-corrected chi connectivity index (χ2v) is 6.26. The van der Waals surface area contributed by atoms with Gasteiger partial charge in [0.2, 0.25) is 5.95 Å². The van der Waals surface area contributed by atoms with Crippen LogP contribution in [0.4, 0.5) is 10.3 Å². The monoisotopic (exact) mass is 361 g/mol. The number of rotatable bonds is 5. The van der Waals surface area contributed by atoms with Crippen molar-refractivity contribution < 1.29 is 9.50 Å². The van der Waals surface area contributed by atoms with E-state index in [0.29, 0.717) is 11.5 Å². The highest BCUT2D eigenvalue weighted by molar-refractivity contribution is 5.74. The minimum absolute atomic E-state index is 0.0311. The summed E-state index contributed by atoms with van der Waals surface area (Å²) in [7, 11) is 3.20. The molecule has 1 aromatic carbocycles. The van der Waals surface area contributed by atoms with Crippen molar-refractivity contribution >= 4 is 17.1 Å². The summed E-state index contributed by atoms with van der Waals surface area (Å²) >= 11 is 0. The molecule has 0 aliphatic heterocycles. The highest BCUT2D eigenvalue weighted by Crippen LogP contribution is 2.13. The maximum absolute atomic E-state index is 13.1. The molecule has 26 heavy (non-hydrogen) atoms. The van der Waals surface area contributed by atoms with Crippen molar-refractivity contribution in [2.45, 2.75) is 19.6 Å². The fraction of sp³-hybridized carbons (Fsp3) is 0.353. The molecule has 2 N–H and O–H groups in total. The van der Waals surface area contributed by atoms with E-state index in [2.05, 4.69) is 10.3 Å². The molecule has 0 spiro atoms. The molecule has 0 aliphatic carbocycles. The molecule has 0 amide bonds. The number of hydrogen-bond donors (Lipinski definition) is 2. The summed E-state index contributed by atoms with van der Waals surface area (Å²) in [5.41, 5.74) is 0.173. The zero-order valence-electron chi connectivity index (χ0n) is 14.7. The lowest BCUT2D eigenvalue weighted by Crippen LogP contribution is -2.39. The van der Waals surface area contributed by atoms with Crippen molar-refractivity contribution in [2.24, 2.45) is 14.1 Å². The summed E-state index contributed by atoms with van der Waals surface area (Å²) in [6.07, 6.45) is -0.589. The third kappa shape index (κ3) is 3.13. The number of aliphatic hydroxyl groups is 1. The van der Waals surface area contributed by atoms with Crippen LogP contribution in [0, 0.1) is 5.82 Å². The van der Waals surface area contributed by atoms with Gasteiger partial charge in [0.05, 0.1) is 12.6 Å². The maximum Gasteiger partial charge on any atom is 0.332 e. The highest BCUT2D eigenvalue weighted by Gasteiger charge is 2.18. The predicted molar refractivity (Wildman–Crippen MR) is 95.9 cm³/mol. The topological polar surface area (TPSA) is 94.1 Å². The van der Waals surface area contributed by atoms with Gasteiger partial charge in [0.15, 0.2) is 11.2 Å². The van der Waals surface area contributed by atoms with Gasteiger partial charge in [-0.1, -0.05) is 12.1 Å². The highest BCUT2D eigenvalue weighted by atomic mass is 19.1. The number of aliphatic hydroxyl groups excluding tert-OH is 1. The molecule has 0 saturated heterocycles. The third-order valence-corrected chi connectivity index (χ3v) is 4.17. The molecule has 0 fully saturated rings. The number of aryl methyl sites for hydroxylation is 2.